The Kier molecular flexibility index (Phi) is 6.77. The van der Waals surface area contributed by atoms with E-state index in [1.54, 1.807) is 48.3 Å². The fraction of sp³-hybridized carbons (Fsp3) is 0.182. The van der Waals surface area contributed by atoms with Gasteiger partial charge in [-0.3, -0.25) is 9.48 Å². The lowest BCUT2D eigenvalue weighted by Crippen LogP contribution is -2.00. The first kappa shape index (κ1) is 21.1. The van der Waals surface area contributed by atoms with Crippen LogP contribution in [-0.4, -0.2) is 22.7 Å². The Labute approximate surface area is 183 Å². The zero-order valence-electron chi connectivity index (χ0n) is 16.3. The van der Waals surface area contributed by atoms with E-state index in [-0.39, 0.29) is 5.78 Å². The van der Waals surface area contributed by atoms with Crippen molar-refractivity contribution in [2.45, 2.75) is 13.5 Å². The van der Waals surface area contributed by atoms with E-state index in [2.05, 4.69) is 21.0 Å². The van der Waals surface area contributed by atoms with E-state index in [4.69, 9.17) is 21.1 Å². The molecule has 3 aromatic rings. The minimum absolute atomic E-state index is 0.0886. The van der Waals surface area contributed by atoms with Crippen molar-refractivity contribution in [3.8, 4) is 11.5 Å². The number of ether oxygens (including phenoxy) is 2. The minimum Gasteiger partial charge on any atom is -0.496 e. The summed E-state index contributed by atoms with van der Waals surface area (Å²) in [6.45, 7) is 2.17. The van der Waals surface area contributed by atoms with Gasteiger partial charge in [-0.1, -0.05) is 23.7 Å². The molecule has 3 rings (SSSR count). The molecule has 0 aliphatic carbocycles. The van der Waals surface area contributed by atoms with Crippen molar-refractivity contribution in [1.82, 2.24) is 9.78 Å². The lowest BCUT2D eigenvalue weighted by atomic mass is 10.1. The van der Waals surface area contributed by atoms with Gasteiger partial charge in [0.2, 0.25) is 0 Å². The van der Waals surface area contributed by atoms with Crippen molar-refractivity contribution in [3.05, 3.63) is 80.6 Å². The Morgan fingerprint density at radius 3 is 2.66 bits per heavy atom. The predicted octanol–water partition coefficient (Wildman–Crippen LogP) is 5.63. The molecule has 0 bridgehead atoms. The number of carbonyl (C=O) groups excluding carboxylic acids is 1. The first-order chi connectivity index (χ1) is 13.9. The van der Waals surface area contributed by atoms with Crippen LogP contribution in [0.5, 0.6) is 11.5 Å². The molecule has 7 heteroatoms. The van der Waals surface area contributed by atoms with Gasteiger partial charge in [-0.05, 0) is 64.8 Å². The molecule has 0 unspecified atom stereocenters. The van der Waals surface area contributed by atoms with Crippen LogP contribution in [0.4, 0.5) is 0 Å². The number of aryl methyl sites for hydroxylation is 1. The number of aromatic nitrogens is 2. The fourth-order valence-corrected chi connectivity index (χ4v) is 3.56. The summed E-state index contributed by atoms with van der Waals surface area (Å²) in [5.41, 5.74) is 3.15. The molecule has 0 radical (unpaired) electrons. The number of carbonyl (C=O) groups is 1. The van der Waals surface area contributed by atoms with Crippen LogP contribution < -0.4 is 9.47 Å². The molecule has 0 atom stereocenters. The highest BCUT2D eigenvalue weighted by atomic mass is 79.9. The van der Waals surface area contributed by atoms with Gasteiger partial charge in [0.05, 0.1) is 23.3 Å². The summed E-state index contributed by atoms with van der Waals surface area (Å²) >= 11 is 9.42. The average Bonchev–Trinajstić information content (AvgIpc) is 3.04. The number of benzene rings is 2. The molecule has 0 fully saturated rings. The van der Waals surface area contributed by atoms with Gasteiger partial charge in [-0.15, -0.1) is 0 Å². The largest absolute Gasteiger partial charge is 0.496 e. The van der Waals surface area contributed by atoms with E-state index in [0.717, 1.165) is 21.3 Å². The summed E-state index contributed by atoms with van der Waals surface area (Å²) < 4.78 is 13.8. The van der Waals surface area contributed by atoms with E-state index in [0.29, 0.717) is 28.7 Å². The monoisotopic (exact) mass is 474 g/mol. The van der Waals surface area contributed by atoms with Gasteiger partial charge in [-0.25, -0.2) is 0 Å². The number of ketones is 1. The molecule has 5 nitrogen and oxygen atoms in total. The topological polar surface area (TPSA) is 53.3 Å². The summed E-state index contributed by atoms with van der Waals surface area (Å²) in [6, 6.07) is 11.0. The first-order valence-corrected chi connectivity index (χ1v) is 10.0. The van der Waals surface area contributed by atoms with Gasteiger partial charge in [0, 0.05) is 23.3 Å². The second-order valence-corrected chi connectivity index (χ2v) is 7.69. The lowest BCUT2D eigenvalue weighted by molar-refractivity contribution is 0.104. The molecule has 29 heavy (non-hydrogen) atoms. The van der Waals surface area contributed by atoms with Crippen LogP contribution >= 0.6 is 27.5 Å². The second kappa shape index (κ2) is 9.29. The van der Waals surface area contributed by atoms with Gasteiger partial charge in [0.25, 0.3) is 0 Å². The molecular formula is C22H20BrClN2O3. The Hall–Kier alpha value is -2.57. The average molecular weight is 476 g/mol. The van der Waals surface area contributed by atoms with Gasteiger partial charge < -0.3 is 9.47 Å². The number of nitrogens with zero attached hydrogens (tertiary/aromatic N) is 2. The molecule has 2 aromatic carbocycles. The maximum atomic E-state index is 12.4. The smallest absolute Gasteiger partial charge is 0.189 e. The normalized spacial score (nSPS) is 11.1. The number of methoxy groups -OCH3 is 1. The van der Waals surface area contributed by atoms with E-state index in [1.807, 2.05) is 32.2 Å². The molecule has 1 aromatic heterocycles. The summed E-state index contributed by atoms with van der Waals surface area (Å²) in [7, 11) is 3.42. The number of halogens is 2. The SMILES string of the molecule is COc1ccc(/C=C/C(=O)c2cnn(C)c2C)cc1COc1ccc(Cl)cc1Br. The number of hydrogen-bond acceptors (Lipinski definition) is 4. The molecule has 0 saturated carbocycles. The third kappa shape index (κ3) is 5.08. The minimum atomic E-state index is -0.0886. The summed E-state index contributed by atoms with van der Waals surface area (Å²) in [5, 5.41) is 4.74. The van der Waals surface area contributed by atoms with E-state index >= 15 is 0 Å². The molecule has 0 spiro atoms. The molecule has 0 N–H and O–H groups in total. The number of rotatable bonds is 7. The lowest BCUT2D eigenvalue weighted by Gasteiger charge is -2.12. The molecule has 0 aliphatic rings. The van der Waals surface area contributed by atoms with Gasteiger partial charge >= 0.3 is 0 Å². The van der Waals surface area contributed by atoms with Crippen molar-refractivity contribution in [2.75, 3.05) is 7.11 Å². The Morgan fingerprint density at radius 2 is 2.00 bits per heavy atom. The molecule has 0 amide bonds. The molecule has 0 aliphatic heterocycles. The van der Waals surface area contributed by atoms with E-state index in [1.165, 1.54) is 0 Å². The molecular weight excluding hydrogens is 456 g/mol. The van der Waals surface area contributed by atoms with Gasteiger partial charge in [0.1, 0.15) is 18.1 Å². The second-order valence-electron chi connectivity index (χ2n) is 6.40. The summed E-state index contributed by atoms with van der Waals surface area (Å²) in [5.74, 6) is 1.30. The Bertz CT molecular complexity index is 1080. The van der Waals surface area contributed by atoms with Crippen LogP contribution in [0.2, 0.25) is 5.02 Å². The quantitative estimate of drug-likeness (QED) is 0.328. The van der Waals surface area contributed by atoms with Gasteiger partial charge in [0.15, 0.2) is 5.78 Å². The third-order valence-electron chi connectivity index (χ3n) is 4.51. The van der Waals surface area contributed by atoms with Crippen LogP contribution in [-0.2, 0) is 13.7 Å². The predicted molar refractivity (Wildman–Crippen MR) is 118 cm³/mol. The van der Waals surface area contributed by atoms with Gasteiger partial charge in [-0.2, -0.15) is 5.10 Å². The first-order valence-electron chi connectivity index (χ1n) is 8.85. The van der Waals surface area contributed by atoms with E-state index in [9.17, 15) is 4.79 Å². The summed E-state index contributed by atoms with van der Waals surface area (Å²) in [6.07, 6.45) is 4.90. The number of hydrogen-bond donors (Lipinski definition) is 0. The molecule has 1 heterocycles. The van der Waals surface area contributed by atoms with Crippen LogP contribution in [0.1, 0.15) is 27.2 Å². The summed E-state index contributed by atoms with van der Waals surface area (Å²) in [4.78, 5) is 12.4. The highest BCUT2D eigenvalue weighted by molar-refractivity contribution is 9.10. The van der Waals surface area contributed by atoms with Crippen molar-refractivity contribution in [3.63, 3.8) is 0 Å². The van der Waals surface area contributed by atoms with E-state index < -0.39 is 0 Å². The highest BCUT2D eigenvalue weighted by Crippen LogP contribution is 2.30. The van der Waals surface area contributed by atoms with Crippen LogP contribution in [0, 0.1) is 6.92 Å². The zero-order valence-corrected chi connectivity index (χ0v) is 18.6. The van der Waals surface area contributed by atoms with Crippen molar-refractivity contribution < 1.29 is 14.3 Å². The Balaban J connectivity index is 1.77. The van der Waals surface area contributed by atoms with Crippen LogP contribution in [0.3, 0.4) is 0 Å². The number of allylic oxidation sites excluding steroid dienone is 1. The molecule has 0 saturated heterocycles. The van der Waals surface area contributed by atoms with Crippen molar-refractivity contribution in [1.29, 1.82) is 0 Å². The van der Waals surface area contributed by atoms with Crippen LogP contribution in [0.15, 0.2) is 53.1 Å². The standard InChI is InChI=1S/C22H20BrClN2O3/c1-14-18(12-25-26(14)2)20(27)7-4-15-5-8-21(28-3)16(10-15)13-29-22-9-6-17(24)11-19(22)23/h4-12H,13H2,1-3H3/b7-4+. The van der Waals surface area contributed by atoms with Crippen molar-refractivity contribution in [2.24, 2.45) is 7.05 Å². The molecule has 150 valence electrons. The van der Waals surface area contributed by atoms with Crippen molar-refractivity contribution >= 4 is 39.4 Å². The maximum absolute atomic E-state index is 12.4. The Morgan fingerprint density at radius 1 is 1.24 bits per heavy atom. The van der Waals surface area contributed by atoms with Crippen LogP contribution in [0.25, 0.3) is 6.08 Å². The third-order valence-corrected chi connectivity index (χ3v) is 5.36. The highest BCUT2D eigenvalue weighted by Gasteiger charge is 2.11. The zero-order chi connectivity index (χ0) is 21.0. The maximum Gasteiger partial charge on any atom is 0.189 e. The fourth-order valence-electron chi connectivity index (χ4n) is 2.77.